The van der Waals surface area contributed by atoms with Gasteiger partial charge in [-0.25, -0.2) is 0 Å². The Morgan fingerprint density at radius 1 is 0.650 bits per heavy atom. The Balaban J connectivity index is 0. The molecule has 2 aromatic carbocycles. The topological polar surface area (TPSA) is 136 Å². The SMILES string of the molecule is O.O=Nc1ccc([O-])cc1.O=Nc1ccc([O-])cc1.[Mg+2]. The third kappa shape index (κ3) is 7.41. The van der Waals surface area contributed by atoms with Crippen molar-refractivity contribution < 1.29 is 15.7 Å². The van der Waals surface area contributed by atoms with E-state index in [-0.39, 0.29) is 51.4 Å². The fraction of sp³-hybridized carbons (Fsp3) is 0. The second-order valence-electron chi connectivity index (χ2n) is 3.17. The fourth-order valence-electron chi connectivity index (χ4n) is 1.01. The minimum atomic E-state index is -0.109. The van der Waals surface area contributed by atoms with Gasteiger partial charge in [-0.2, -0.15) is 0 Å². The smallest absolute Gasteiger partial charge is 0.872 e. The first-order valence-electron chi connectivity index (χ1n) is 4.86. The summed E-state index contributed by atoms with van der Waals surface area (Å²) >= 11 is 0. The Kier molecular flexibility index (Phi) is 11.0. The molecule has 0 fully saturated rings. The Morgan fingerprint density at radius 2 is 0.900 bits per heavy atom. The van der Waals surface area contributed by atoms with Gasteiger partial charge in [-0.15, -0.1) is 21.3 Å². The number of benzene rings is 2. The van der Waals surface area contributed by atoms with E-state index in [0.29, 0.717) is 0 Å². The summed E-state index contributed by atoms with van der Waals surface area (Å²) in [6.45, 7) is 0. The van der Waals surface area contributed by atoms with Crippen LogP contribution in [-0.4, -0.2) is 28.5 Å². The molecular formula is C12H10MgN2O5. The molecule has 2 aromatic rings. The molecule has 0 spiro atoms. The summed E-state index contributed by atoms with van der Waals surface area (Å²) in [6, 6.07) is 10.7. The van der Waals surface area contributed by atoms with Gasteiger partial charge in [-0.3, -0.25) is 0 Å². The van der Waals surface area contributed by atoms with Crippen molar-refractivity contribution >= 4 is 34.4 Å². The van der Waals surface area contributed by atoms with Gasteiger partial charge in [0.05, 0.1) is 0 Å². The summed E-state index contributed by atoms with van der Waals surface area (Å²) in [5.41, 5.74) is 0.573. The molecule has 0 aliphatic carbocycles. The Bertz CT molecular complexity index is 467. The number of rotatable bonds is 2. The molecular weight excluding hydrogens is 276 g/mol. The van der Waals surface area contributed by atoms with Crippen LogP contribution in [0.1, 0.15) is 0 Å². The van der Waals surface area contributed by atoms with Crippen LogP contribution in [0.25, 0.3) is 0 Å². The van der Waals surface area contributed by atoms with Crippen LogP contribution in [0.5, 0.6) is 11.5 Å². The van der Waals surface area contributed by atoms with Crippen LogP contribution in [0.15, 0.2) is 58.9 Å². The van der Waals surface area contributed by atoms with E-state index >= 15 is 0 Å². The summed E-state index contributed by atoms with van der Waals surface area (Å²) in [4.78, 5) is 19.5. The van der Waals surface area contributed by atoms with Crippen LogP contribution in [-0.2, 0) is 0 Å². The van der Waals surface area contributed by atoms with Gasteiger partial charge < -0.3 is 15.7 Å². The van der Waals surface area contributed by atoms with E-state index in [2.05, 4.69) is 10.4 Å². The number of nitroso groups, excluding NO2 is 2. The molecule has 0 aliphatic rings. The molecule has 2 N–H and O–H groups in total. The maximum Gasteiger partial charge on any atom is 2.00 e. The van der Waals surface area contributed by atoms with Crippen molar-refractivity contribution in [2.24, 2.45) is 10.4 Å². The molecule has 8 heteroatoms. The molecule has 2 rings (SSSR count). The van der Waals surface area contributed by atoms with Crippen molar-refractivity contribution in [1.82, 2.24) is 0 Å². The van der Waals surface area contributed by atoms with Crippen molar-refractivity contribution in [3.63, 3.8) is 0 Å². The molecule has 0 amide bonds. The molecule has 7 nitrogen and oxygen atoms in total. The number of hydrogen-bond donors (Lipinski definition) is 0. The summed E-state index contributed by atoms with van der Waals surface area (Å²) in [6.07, 6.45) is 0. The average Bonchev–Trinajstić information content (AvgIpc) is 2.41. The molecule has 100 valence electrons. The van der Waals surface area contributed by atoms with Crippen LogP contribution >= 0.6 is 0 Å². The Labute approximate surface area is 130 Å². The van der Waals surface area contributed by atoms with Gasteiger partial charge in [-0.1, -0.05) is 24.3 Å². The van der Waals surface area contributed by atoms with Crippen molar-refractivity contribution in [1.29, 1.82) is 0 Å². The van der Waals surface area contributed by atoms with E-state index in [1.165, 1.54) is 48.5 Å². The third-order valence-corrected chi connectivity index (χ3v) is 1.88. The molecule has 0 saturated heterocycles. The van der Waals surface area contributed by atoms with Gasteiger partial charge in [0.1, 0.15) is 11.4 Å². The van der Waals surface area contributed by atoms with Crippen LogP contribution in [0, 0.1) is 9.81 Å². The van der Waals surface area contributed by atoms with Gasteiger partial charge in [0.15, 0.2) is 0 Å². The van der Waals surface area contributed by atoms with Gasteiger partial charge in [0.25, 0.3) is 0 Å². The molecule has 0 heterocycles. The molecule has 0 unspecified atom stereocenters. The number of nitrogens with zero attached hydrogens (tertiary/aromatic N) is 2. The molecule has 0 bridgehead atoms. The Morgan fingerprint density at radius 3 is 1.10 bits per heavy atom. The molecule has 0 aliphatic heterocycles. The number of hydrogen-bond acceptors (Lipinski definition) is 6. The van der Waals surface area contributed by atoms with E-state index in [1.54, 1.807) is 0 Å². The monoisotopic (exact) mass is 286 g/mol. The zero-order valence-corrected chi connectivity index (χ0v) is 11.8. The normalized spacial score (nSPS) is 8.00. The first-order valence-corrected chi connectivity index (χ1v) is 4.86. The van der Waals surface area contributed by atoms with E-state index in [4.69, 9.17) is 0 Å². The van der Waals surface area contributed by atoms with Crippen molar-refractivity contribution in [3.8, 4) is 11.5 Å². The first kappa shape index (κ1) is 20.3. The second-order valence-corrected chi connectivity index (χ2v) is 3.17. The standard InChI is InChI=1S/2C6H5NO2.Mg.H2O/c2*8-6-3-1-5(7-9)2-4-6;;/h2*1-4,8H;;1H2/q;;+2;/p-2. The predicted molar refractivity (Wildman–Crippen MR) is 72.1 cm³/mol. The maximum atomic E-state index is 10.4. The zero-order chi connectivity index (χ0) is 13.4. The van der Waals surface area contributed by atoms with E-state index in [9.17, 15) is 20.0 Å². The molecule has 0 saturated carbocycles. The van der Waals surface area contributed by atoms with Gasteiger partial charge in [0, 0.05) is 0 Å². The molecule has 0 aromatic heterocycles. The Hall–Kier alpha value is -2.03. The van der Waals surface area contributed by atoms with Crippen molar-refractivity contribution in [3.05, 3.63) is 58.3 Å². The van der Waals surface area contributed by atoms with Gasteiger partial charge >= 0.3 is 23.1 Å². The van der Waals surface area contributed by atoms with Gasteiger partial charge in [-0.05, 0) is 34.6 Å². The quantitative estimate of drug-likeness (QED) is 0.603. The van der Waals surface area contributed by atoms with E-state index in [1.807, 2.05) is 0 Å². The van der Waals surface area contributed by atoms with Crippen LogP contribution in [0.2, 0.25) is 0 Å². The summed E-state index contributed by atoms with van der Waals surface area (Å²) in [5.74, 6) is -0.218. The van der Waals surface area contributed by atoms with Crippen LogP contribution < -0.4 is 10.2 Å². The molecule has 0 atom stereocenters. The van der Waals surface area contributed by atoms with Crippen molar-refractivity contribution in [2.75, 3.05) is 0 Å². The zero-order valence-electron chi connectivity index (χ0n) is 10.4. The second kappa shape index (κ2) is 10.8. The minimum absolute atomic E-state index is 0. The summed E-state index contributed by atoms with van der Waals surface area (Å²) in [5, 5.41) is 26.0. The van der Waals surface area contributed by atoms with Crippen molar-refractivity contribution in [2.45, 2.75) is 0 Å². The van der Waals surface area contributed by atoms with E-state index < -0.39 is 0 Å². The summed E-state index contributed by atoms with van der Waals surface area (Å²) in [7, 11) is 0. The van der Waals surface area contributed by atoms with Crippen LogP contribution in [0.3, 0.4) is 0 Å². The largest absolute Gasteiger partial charge is 2.00 e. The molecule has 0 radical (unpaired) electrons. The third-order valence-electron chi connectivity index (χ3n) is 1.88. The van der Waals surface area contributed by atoms with Gasteiger partial charge in [0.2, 0.25) is 0 Å². The minimum Gasteiger partial charge on any atom is -0.872 e. The average molecular weight is 287 g/mol. The fourth-order valence-corrected chi connectivity index (χ4v) is 1.01. The molecule has 20 heavy (non-hydrogen) atoms. The summed E-state index contributed by atoms with van der Waals surface area (Å²) < 4.78 is 0. The van der Waals surface area contributed by atoms with Crippen LogP contribution in [0.4, 0.5) is 11.4 Å². The van der Waals surface area contributed by atoms with E-state index in [0.717, 1.165) is 0 Å². The first-order chi connectivity index (χ1) is 8.65. The predicted octanol–water partition coefficient (Wildman–Crippen LogP) is 1.11. The maximum absolute atomic E-state index is 10.4.